The van der Waals surface area contributed by atoms with Crippen molar-refractivity contribution in [3.63, 3.8) is 0 Å². The molecule has 8 nitrogen and oxygen atoms in total. The van der Waals surface area contributed by atoms with E-state index in [0.29, 0.717) is 5.75 Å². The lowest BCUT2D eigenvalue weighted by Gasteiger charge is -2.11. The van der Waals surface area contributed by atoms with Crippen LogP contribution in [0.15, 0.2) is 53.5 Å². The van der Waals surface area contributed by atoms with E-state index in [1.54, 1.807) is 0 Å². The van der Waals surface area contributed by atoms with Gasteiger partial charge in [-0.2, -0.15) is 0 Å². The van der Waals surface area contributed by atoms with Crippen molar-refractivity contribution in [1.82, 2.24) is 0 Å². The maximum absolute atomic E-state index is 10.6. The molecule has 0 aliphatic heterocycles. The number of aliphatic hydroxyl groups excluding tert-OH is 1. The molecule has 26 heavy (non-hydrogen) atoms. The van der Waals surface area contributed by atoms with Gasteiger partial charge in [-0.05, 0) is 36.2 Å². The number of hydrogen-bond donors (Lipinski definition) is 3. The number of aryl methyl sites for hydroxylation is 1. The van der Waals surface area contributed by atoms with Gasteiger partial charge < -0.3 is 20.9 Å². The fourth-order valence-electron chi connectivity index (χ4n) is 2.17. The number of nitrogens with one attached hydrogen (secondary N) is 1. The second kappa shape index (κ2) is 9.38. The van der Waals surface area contributed by atoms with Gasteiger partial charge >= 0.3 is 0 Å². The molecule has 0 aliphatic carbocycles. The third kappa shape index (κ3) is 6.06. The van der Waals surface area contributed by atoms with Crippen LogP contribution in [0.3, 0.4) is 0 Å². The Morgan fingerprint density at radius 3 is 2.73 bits per heavy atom. The van der Waals surface area contributed by atoms with Crippen LogP contribution in [-0.4, -0.2) is 35.2 Å². The Labute approximate surface area is 151 Å². The summed E-state index contributed by atoms with van der Waals surface area (Å²) < 4.78 is 5.38. The first-order valence-electron chi connectivity index (χ1n) is 8.19. The lowest BCUT2D eigenvalue weighted by Crippen LogP contribution is -2.27. The minimum Gasteiger partial charge on any atom is -0.491 e. The maximum atomic E-state index is 10.6. The number of anilines is 1. The molecule has 0 spiro atoms. The average molecular weight is 358 g/mol. The van der Waals surface area contributed by atoms with Crippen LogP contribution in [0.4, 0.5) is 11.4 Å². The number of nitrogens with two attached hydrogens (primary N) is 1. The second-order valence-electron chi connectivity index (χ2n) is 5.62. The molecule has 2 rings (SSSR count). The number of benzene rings is 2. The fourth-order valence-corrected chi connectivity index (χ4v) is 2.17. The molecule has 0 radical (unpaired) electrons. The van der Waals surface area contributed by atoms with E-state index in [0.717, 1.165) is 12.1 Å². The van der Waals surface area contributed by atoms with Gasteiger partial charge in [0, 0.05) is 17.8 Å². The van der Waals surface area contributed by atoms with E-state index in [4.69, 9.17) is 10.5 Å². The zero-order chi connectivity index (χ0) is 18.9. The molecule has 8 heteroatoms. The van der Waals surface area contributed by atoms with E-state index in [2.05, 4.69) is 17.2 Å². The maximum Gasteiger partial charge on any atom is 0.269 e. The highest BCUT2D eigenvalue weighted by Gasteiger charge is 2.08. The molecule has 1 unspecified atom stereocenters. The van der Waals surface area contributed by atoms with E-state index in [9.17, 15) is 15.2 Å². The third-order valence-electron chi connectivity index (χ3n) is 3.57. The summed E-state index contributed by atoms with van der Waals surface area (Å²) in [7, 11) is 0. The highest BCUT2D eigenvalue weighted by Crippen LogP contribution is 2.17. The Hall–Kier alpha value is -3.13. The molecule has 2 aromatic rings. The quantitative estimate of drug-likeness (QED) is 0.288. The van der Waals surface area contributed by atoms with Gasteiger partial charge in [0.05, 0.1) is 11.5 Å². The summed E-state index contributed by atoms with van der Waals surface area (Å²) in [6, 6.07) is 13.5. The summed E-state index contributed by atoms with van der Waals surface area (Å²) in [5, 5.41) is 23.5. The molecule has 0 aliphatic rings. The van der Waals surface area contributed by atoms with Gasteiger partial charge in [-0.15, -0.1) is 0 Å². The summed E-state index contributed by atoms with van der Waals surface area (Å²) in [5.74, 6) is 0.633. The van der Waals surface area contributed by atoms with E-state index < -0.39 is 11.0 Å². The van der Waals surface area contributed by atoms with Crippen molar-refractivity contribution in [2.75, 3.05) is 18.5 Å². The molecule has 0 saturated carbocycles. The standard InChI is InChI=1S/C18H22N4O4/c1-2-13-4-3-5-14(10-13)21-18(19)20-11-16(23)12-26-17-8-6-15(7-9-17)22(24)25/h3-10,16,23H,2,11-12H2,1H3,(H3,19,20,21). The third-order valence-corrected chi connectivity index (χ3v) is 3.57. The Bertz CT molecular complexity index is 762. The SMILES string of the molecule is CCc1cccc(NC(N)=NCC(O)COc2ccc([N+](=O)[O-])cc2)c1. The molecule has 4 N–H and O–H groups in total. The van der Waals surface area contributed by atoms with Crippen molar-refractivity contribution in [2.45, 2.75) is 19.4 Å². The van der Waals surface area contributed by atoms with Gasteiger partial charge in [0.25, 0.3) is 5.69 Å². The zero-order valence-electron chi connectivity index (χ0n) is 14.5. The molecule has 138 valence electrons. The highest BCUT2D eigenvalue weighted by molar-refractivity contribution is 5.92. The van der Waals surface area contributed by atoms with E-state index in [1.807, 2.05) is 24.3 Å². The summed E-state index contributed by atoms with van der Waals surface area (Å²) in [5.41, 5.74) is 7.82. The van der Waals surface area contributed by atoms with Gasteiger partial charge in [-0.3, -0.25) is 15.1 Å². The van der Waals surface area contributed by atoms with Crippen molar-refractivity contribution in [2.24, 2.45) is 10.7 Å². The summed E-state index contributed by atoms with van der Waals surface area (Å²) in [6.07, 6.45) is 0.0677. The molecule has 0 aromatic heterocycles. The number of aliphatic imine (C=N–C) groups is 1. The zero-order valence-corrected chi connectivity index (χ0v) is 14.5. The Morgan fingerprint density at radius 2 is 2.08 bits per heavy atom. The average Bonchev–Trinajstić information content (AvgIpc) is 2.65. The molecule has 0 bridgehead atoms. The normalized spacial score (nSPS) is 12.5. The molecular formula is C18H22N4O4. The van der Waals surface area contributed by atoms with Crippen LogP contribution in [0.2, 0.25) is 0 Å². The Morgan fingerprint density at radius 1 is 1.35 bits per heavy atom. The number of guanidine groups is 1. The lowest BCUT2D eigenvalue weighted by molar-refractivity contribution is -0.384. The van der Waals surface area contributed by atoms with Crippen molar-refractivity contribution in [3.05, 3.63) is 64.2 Å². The van der Waals surface area contributed by atoms with Crippen LogP contribution >= 0.6 is 0 Å². The Balaban J connectivity index is 1.80. The number of rotatable bonds is 8. The van der Waals surface area contributed by atoms with E-state index >= 15 is 0 Å². The van der Waals surface area contributed by atoms with Gasteiger partial charge in [-0.1, -0.05) is 19.1 Å². The van der Waals surface area contributed by atoms with Crippen molar-refractivity contribution >= 4 is 17.3 Å². The van der Waals surface area contributed by atoms with Gasteiger partial charge in [-0.25, -0.2) is 0 Å². The summed E-state index contributed by atoms with van der Waals surface area (Å²) >= 11 is 0. The predicted molar refractivity (Wildman–Crippen MR) is 101 cm³/mol. The molecule has 1 atom stereocenters. The van der Waals surface area contributed by atoms with Crippen LogP contribution in [0.1, 0.15) is 12.5 Å². The number of non-ortho nitro benzene ring substituents is 1. The van der Waals surface area contributed by atoms with Crippen molar-refractivity contribution in [1.29, 1.82) is 0 Å². The van der Waals surface area contributed by atoms with Crippen molar-refractivity contribution < 1.29 is 14.8 Å². The van der Waals surface area contributed by atoms with E-state index in [-0.39, 0.29) is 24.8 Å². The minimum atomic E-state index is -0.854. The fraction of sp³-hybridized carbons (Fsp3) is 0.278. The van der Waals surface area contributed by atoms with E-state index in [1.165, 1.54) is 29.8 Å². The number of nitrogens with zero attached hydrogens (tertiary/aromatic N) is 2. The van der Waals surface area contributed by atoms with Crippen LogP contribution in [0.25, 0.3) is 0 Å². The predicted octanol–water partition coefficient (Wildman–Crippen LogP) is 2.32. The molecule has 0 fully saturated rings. The first-order valence-corrected chi connectivity index (χ1v) is 8.19. The van der Waals surface area contributed by atoms with Crippen LogP contribution in [-0.2, 0) is 6.42 Å². The molecule has 0 saturated heterocycles. The first-order chi connectivity index (χ1) is 12.5. The molecule has 0 amide bonds. The number of hydrogen-bond acceptors (Lipinski definition) is 5. The number of ether oxygens (including phenoxy) is 1. The monoisotopic (exact) mass is 358 g/mol. The molecule has 2 aromatic carbocycles. The van der Waals surface area contributed by atoms with Crippen molar-refractivity contribution in [3.8, 4) is 5.75 Å². The topological polar surface area (TPSA) is 123 Å². The van der Waals surface area contributed by atoms with Crippen LogP contribution in [0, 0.1) is 10.1 Å². The van der Waals surface area contributed by atoms with Gasteiger partial charge in [0.15, 0.2) is 5.96 Å². The number of nitro groups is 1. The summed E-state index contributed by atoms with van der Waals surface area (Å²) in [6.45, 7) is 2.14. The summed E-state index contributed by atoms with van der Waals surface area (Å²) in [4.78, 5) is 14.2. The number of nitro benzene ring substituents is 1. The van der Waals surface area contributed by atoms with Crippen LogP contribution in [0.5, 0.6) is 5.75 Å². The molecule has 0 heterocycles. The lowest BCUT2D eigenvalue weighted by atomic mass is 10.1. The Kier molecular flexibility index (Phi) is 6.92. The smallest absolute Gasteiger partial charge is 0.269 e. The number of aliphatic hydroxyl groups is 1. The first kappa shape index (κ1) is 19.2. The molecular weight excluding hydrogens is 336 g/mol. The van der Waals surface area contributed by atoms with Gasteiger partial charge in [0.2, 0.25) is 0 Å². The second-order valence-corrected chi connectivity index (χ2v) is 5.62. The largest absolute Gasteiger partial charge is 0.491 e. The highest BCUT2D eigenvalue weighted by atomic mass is 16.6. The minimum absolute atomic E-state index is 0.0000885. The van der Waals surface area contributed by atoms with Gasteiger partial charge in [0.1, 0.15) is 18.5 Å². The van der Waals surface area contributed by atoms with Crippen LogP contribution < -0.4 is 15.8 Å².